The molecule has 2 aromatic rings. The van der Waals surface area contributed by atoms with Crippen molar-refractivity contribution in [1.29, 1.82) is 0 Å². The summed E-state index contributed by atoms with van der Waals surface area (Å²) in [6.45, 7) is 4.26. The molecule has 7 heteroatoms. The summed E-state index contributed by atoms with van der Waals surface area (Å²) in [6.07, 6.45) is 1.39. The first kappa shape index (κ1) is 15.2. The van der Waals surface area contributed by atoms with Gasteiger partial charge in [0, 0.05) is 18.8 Å². The van der Waals surface area contributed by atoms with Gasteiger partial charge in [-0.15, -0.1) is 0 Å². The molecular weight excluding hydrogens is 293 g/mol. The third-order valence-electron chi connectivity index (χ3n) is 2.77. The van der Waals surface area contributed by atoms with Crippen molar-refractivity contribution in [2.45, 2.75) is 18.7 Å². The van der Waals surface area contributed by atoms with Gasteiger partial charge in [-0.05, 0) is 37.6 Å². The maximum Gasteiger partial charge on any atom is 0.262 e. The molecule has 0 atom stereocenters. The molecule has 0 fully saturated rings. The van der Waals surface area contributed by atoms with Gasteiger partial charge in [-0.25, -0.2) is 17.8 Å². The number of hydrogen-bond acceptors (Lipinski definition) is 4. The monoisotopic (exact) mass is 309 g/mol. The van der Waals surface area contributed by atoms with Crippen LogP contribution in [0.1, 0.15) is 12.5 Å². The highest BCUT2D eigenvalue weighted by Gasteiger charge is 2.17. The zero-order chi connectivity index (χ0) is 15.5. The third-order valence-corrected chi connectivity index (χ3v) is 4.13. The van der Waals surface area contributed by atoms with E-state index in [0.717, 1.165) is 5.56 Å². The Morgan fingerprint density at radius 3 is 2.71 bits per heavy atom. The Bertz CT molecular complexity index is 748. The van der Waals surface area contributed by atoms with Crippen LogP contribution in [0.25, 0.3) is 0 Å². The highest BCUT2D eigenvalue weighted by atomic mass is 32.2. The fraction of sp³-hybridized carbons (Fsp3) is 0.214. The van der Waals surface area contributed by atoms with Gasteiger partial charge in [0.05, 0.1) is 10.6 Å². The van der Waals surface area contributed by atoms with E-state index in [1.807, 2.05) is 6.92 Å². The first-order valence-electron chi connectivity index (χ1n) is 6.41. The predicted molar refractivity (Wildman–Crippen MR) is 80.3 cm³/mol. The van der Waals surface area contributed by atoms with Crippen molar-refractivity contribution in [3.63, 3.8) is 0 Å². The molecule has 1 heterocycles. The minimum absolute atomic E-state index is 0.0226. The van der Waals surface area contributed by atoms with Crippen LogP contribution in [0.15, 0.2) is 41.4 Å². The fourth-order valence-corrected chi connectivity index (χ4v) is 2.85. The van der Waals surface area contributed by atoms with Crippen LogP contribution < -0.4 is 10.0 Å². The number of pyridine rings is 1. The number of nitrogens with zero attached hydrogens (tertiary/aromatic N) is 1. The molecular formula is C14H16FN3O2S. The molecule has 0 aliphatic carbocycles. The van der Waals surface area contributed by atoms with Crippen LogP contribution in [0.3, 0.4) is 0 Å². The van der Waals surface area contributed by atoms with Crippen LogP contribution in [0, 0.1) is 12.7 Å². The number of nitrogens with one attached hydrogen (secondary N) is 2. The van der Waals surface area contributed by atoms with Crippen LogP contribution in [-0.2, 0) is 10.0 Å². The summed E-state index contributed by atoms with van der Waals surface area (Å²) in [6, 6.07) is 7.00. The van der Waals surface area contributed by atoms with Gasteiger partial charge in [-0.1, -0.05) is 6.07 Å². The highest BCUT2D eigenvalue weighted by molar-refractivity contribution is 7.92. The van der Waals surface area contributed by atoms with Crippen LogP contribution in [0.4, 0.5) is 15.9 Å². The third kappa shape index (κ3) is 3.69. The van der Waals surface area contributed by atoms with E-state index in [4.69, 9.17) is 0 Å². The standard InChI is InChI=1S/C14H16FN3O2S/c1-3-16-14-9-11(6-7-17-14)21(19,20)18-13-8-10(2)4-5-12(13)15/h4-9,18H,3H2,1-2H3,(H,16,17). The minimum Gasteiger partial charge on any atom is -0.370 e. The Kier molecular flexibility index (Phi) is 4.42. The largest absolute Gasteiger partial charge is 0.370 e. The van der Waals surface area contributed by atoms with Crippen molar-refractivity contribution in [3.8, 4) is 0 Å². The lowest BCUT2D eigenvalue weighted by Crippen LogP contribution is -2.14. The summed E-state index contributed by atoms with van der Waals surface area (Å²) in [7, 11) is -3.86. The molecule has 0 amide bonds. The molecule has 0 unspecified atom stereocenters. The number of halogens is 1. The molecule has 0 saturated carbocycles. The first-order valence-corrected chi connectivity index (χ1v) is 7.89. The molecule has 1 aromatic heterocycles. The van der Waals surface area contributed by atoms with Gasteiger partial charge >= 0.3 is 0 Å². The summed E-state index contributed by atoms with van der Waals surface area (Å²) in [4.78, 5) is 4.03. The van der Waals surface area contributed by atoms with Crippen molar-refractivity contribution in [2.75, 3.05) is 16.6 Å². The second-order valence-electron chi connectivity index (χ2n) is 4.50. The van der Waals surface area contributed by atoms with E-state index >= 15 is 0 Å². The molecule has 5 nitrogen and oxygen atoms in total. The average Bonchev–Trinajstić information content (AvgIpc) is 2.43. The molecule has 21 heavy (non-hydrogen) atoms. The molecule has 2 N–H and O–H groups in total. The van der Waals surface area contributed by atoms with E-state index in [1.165, 1.54) is 30.5 Å². The van der Waals surface area contributed by atoms with Crippen molar-refractivity contribution >= 4 is 21.5 Å². The van der Waals surface area contributed by atoms with E-state index in [9.17, 15) is 12.8 Å². The Hall–Kier alpha value is -2.15. The maximum atomic E-state index is 13.7. The average molecular weight is 309 g/mol. The van der Waals surface area contributed by atoms with Crippen molar-refractivity contribution < 1.29 is 12.8 Å². The zero-order valence-corrected chi connectivity index (χ0v) is 12.5. The van der Waals surface area contributed by atoms with Gasteiger partial charge in [0.1, 0.15) is 11.6 Å². The lowest BCUT2D eigenvalue weighted by molar-refractivity contribution is 0.598. The van der Waals surface area contributed by atoms with Crippen molar-refractivity contribution in [3.05, 3.63) is 47.9 Å². The maximum absolute atomic E-state index is 13.7. The topological polar surface area (TPSA) is 71.1 Å². The molecule has 1 aromatic carbocycles. The van der Waals surface area contributed by atoms with Crippen molar-refractivity contribution in [1.82, 2.24) is 4.98 Å². The van der Waals surface area contributed by atoms with E-state index in [0.29, 0.717) is 12.4 Å². The fourth-order valence-electron chi connectivity index (χ4n) is 1.78. The van der Waals surface area contributed by atoms with E-state index in [1.54, 1.807) is 13.0 Å². The lowest BCUT2D eigenvalue weighted by Gasteiger charge is -2.10. The Morgan fingerprint density at radius 2 is 2.00 bits per heavy atom. The van der Waals surface area contributed by atoms with Gasteiger partial charge in [-0.3, -0.25) is 4.72 Å². The molecule has 0 spiro atoms. The summed E-state index contributed by atoms with van der Waals surface area (Å²) < 4.78 is 40.5. The molecule has 0 saturated heterocycles. The number of sulfonamides is 1. The first-order chi connectivity index (χ1) is 9.92. The van der Waals surface area contributed by atoms with Gasteiger partial charge in [0.25, 0.3) is 10.0 Å². The number of benzene rings is 1. The number of aromatic nitrogens is 1. The molecule has 2 rings (SSSR count). The number of anilines is 2. The molecule has 0 aliphatic rings. The summed E-state index contributed by atoms with van der Waals surface area (Å²) >= 11 is 0. The Morgan fingerprint density at radius 1 is 1.24 bits per heavy atom. The van der Waals surface area contributed by atoms with Crippen LogP contribution in [-0.4, -0.2) is 19.9 Å². The molecule has 0 bridgehead atoms. The van der Waals surface area contributed by atoms with Gasteiger partial charge in [0.15, 0.2) is 0 Å². The normalized spacial score (nSPS) is 11.2. The summed E-state index contributed by atoms with van der Waals surface area (Å²) in [5.41, 5.74) is 0.689. The van der Waals surface area contributed by atoms with Gasteiger partial charge < -0.3 is 5.32 Å². The SMILES string of the molecule is CCNc1cc(S(=O)(=O)Nc2cc(C)ccc2F)ccn1. The zero-order valence-electron chi connectivity index (χ0n) is 11.7. The van der Waals surface area contributed by atoms with E-state index in [2.05, 4.69) is 15.0 Å². The number of aryl methyl sites for hydroxylation is 1. The predicted octanol–water partition coefficient (Wildman–Crippen LogP) is 2.76. The van der Waals surface area contributed by atoms with Crippen LogP contribution in [0.5, 0.6) is 0 Å². The van der Waals surface area contributed by atoms with Gasteiger partial charge in [-0.2, -0.15) is 0 Å². The van der Waals surface area contributed by atoms with Crippen molar-refractivity contribution in [2.24, 2.45) is 0 Å². The van der Waals surface area contributed by atoms with Crippen LogP contribution in [0.2, 0.25) is 0 Å². The second kappa shape index (κ2) is 6.09. The van der Waals surface area contributed by atoms with Crippen LogP contribution >= 0.6 is 0 Å². The quantitative estimate of drug-likeness (QED) is 0.891. The van der Waals surface area contributed by atoms with Gasteiger partial charge in [0.2, 0.25) is 0 Å². The smallest absolute Gasteiger partial charge is 0.262 e. The van der Waals surface area contributed by atoms with E-state index in [-0.39, 0.29) is 10.6 Å². The van der Waals surface area contributed by atoms with E-state index < -0.39 is 15.8 Å². The molecule has 0 radical (unpaired) electrons. The highest BCUT2D eigenvalue weighted by Crippen LogP contribution is 2.21. The summed E-state index contributed by atoms with van der Waals surface area (Å²) in [5, 5.41) is 2.93. The summed E-state index contributed by atoms with van der Waals surface area (Å²) in [5.74, 6) is -0.171. The lowest BCUT2D eigenvalue weighted by atomic mass is 10.2. The molecule has 112 valence electrons. The Balaban J connectivity index is 2.34. The number of rotatable bonds is 5. The Labute approximate surface area is 123 Å². The molecule has 0 aliphatic heterocycles. The number of hydrogen-bond donors (Lipinski definition) is 2. The minimum atomic E-state index is -3.86. The second-order valence-corrected chi connectivity index (χ2v) is 6.18.